The van der Waals surface area contributed by atoms with E-state index in [4.69, 9.17) is 24.5 Å². The Balaban J connectivity index is 0.000000487. The number of aliphatic carboxylic acids is 2. The third kappa shape index (κ3) is 6.43. The van der Waals surface area contributed by atoms with Gasteiger partial charge in [-0.2, -0.15) is 13.2 Å². The molecule has 12 heteroatoms. The lowest BCUT2D eigenvalue weighted by molar-refractivity contribution is -0.384. The van der Waals surface area contributed by atoms with Gasteiger partial charge in [-0.1, -0.05) is 0 Å². The Morgan fingerprint density at radius 2 is 1.58 bits per heavy atom. The number of non-ortho nitro benzene ring substituents is 1. The first-order chi connectivity index (χ1) is 12.0. The summed E-state index contributed by atoms with van der Waals surface area (Å²) in [6, 6.07) is 7.02. The average molecular weight is 374 g/mol. The monoisotopic (exact) mass is 374 g/mol. The zero-order valence-corrected chi connectivity index (χ0v) is 12.5. The number of hydrogen-bond acceptors (Lipinski definition) is 6. The molecule has 0 aliphatic rings. The highest BCUT2D eigenvalue weighted by atomic mass is 19.4. The number of nitro groups is 1. The van der Waals surface area contributed by atoms with Crippen molar-refractivity contribution in [2.45, 2.75) is 6.18 Å². The van der Waals surface area contributed by atoms with E-state index in [2.05, 4.69) is 4.98 Å². The molecule has 0 radical (unpaired) electrons. The van der Waals surface area contributed by atoms with Crippen LogP contribution in [0.15, 0.2) is 42.6 Å². The highest BCUT2D eigenvalue weighted by Gasteiger charge is 2.30. The van der Waals surface area contributed by atoms with Crippen LogP contribution in [-0.4, -0.2) is 32.1 Å². The number of carboxylic acids is 2. The number of nitrogens with zero attached hydrogens (tertiary/aromatic N) is 2. The Bertz CT molecular complexity index is 778. The van der Waals surface area contributed by atoms with E-state index in [1.807, 2.05) is 0 Å². The van der Waals surface area contributed by atoms with E-state index in [1.165, 1.54) is 24.3 Å². The van der Waals surface area contributed by atoms with Gasteiger partial charge in [-0.25, -0.2) is 14.6 Å². The van der Waals surface area contributed by atoms with Crippen LogP contribution < -0.4 is 4.74 Å². The standard InChI is InChI=1S/C12H7F3N2O3.C2H2O4/c13-12(14,15)8-1-6-11(16-7-8)20-10-4-2-9(3-5-10)17(18)19;3-1(4)2(5)6/h1-7H;(H,3,4)(H,5,6). The molecule has 1 heterocycles. The second-order valence-corrected chi connectivity index (χ2v) is 4.35. The molecule has 0 amide bonds. The van der Waals surface area contributed by atoms with Crippen LogP contribution in [0.1, 0.15) is 5.56 Å². The van der Waals surface area contributed by atoms with E-state index < -0.39 is 28.6 Å². The first-order valence-electron chi connectivity index (χ1n) is 6.42. The second kappa shape index (κ2) is 8.41. The van der Waals surface area contributed by atoms with E-state index in [1.54, 1.807) is 0 Å². The third-order valence-corrected chi connectivity index (χ3v) is 2.52. The Kier molecular flexibility index (Phi) is 6.58. The fourth-order valence-corrected chi connectivity index (χ4v) is 1.36. The highest BCUT2D eigenvalue weighted by molar-refractivity contribution is 6.27. The molecule has 1 aromatic carbocycles. The van der Waals surface area contributed by atoms with Crippen molar-refractivity contribution in [1.29, 1.82) is 0 Å². The summed E-state index contributed by atoms with van der Waals surface area (Å²) in [5.41, 5.74) is -0.994. The molecule has 0 unspecified atom stereocenters. The number of nitro benzene ring substituents is 1. The molecule has 0 fully saturated rings. The number of hydrogen-bond donors (Lipinski definition) is 2. The third-order valence-electron chi connectivity index (χ3n) is 2.52. The lowest BCUT2D eigenvalue weighted by Gasteiger charge is -2.07. The van der Waals surface area contributed by atoms with Crippen LogP contribution in [0.25, 0.3) is 0 Å². The number of aromatic nitrogens is 1. The van der Waals surface area contributed by atoms with Crippen LogP contribution in [0, 0.1) is 10.1 Å². The summed E-state index contributed by atoms with van der Waals surface area (Å²) < 4.78 is 42.1. The molecular weight excluding hydrogens is 365 g/mol. The molecule has 9 nitrogen and oxygen atoms in total. The minimum Gasteiger partial charge on any atom is -0.473 e. The zero-order valence-electron chi connectivity index (χ0n) is 12.5. The average Bonchev–Trinajstić information content (AvgIpc) is 2.55. The first kappa shape index (κ1) is 20.3. The molecule has 2 rings (SSSR count). The van der Waals surface area contributed by atoms with Gasteiger partial charge in [0.25, 0.3) is 5.69 Å². The summed E-state index contributed by atoms with van der Waals surface area (Å²) in [5, 5.41) is 25.2. The van der Waals surface area contributed by atoms with Crippen molar-refractivity contribution in [3.8, 4) is 11.6 Å². The zero-order chi connectivity index (χ0) is 19.9. The number of carboxylic acid groups (broad SMARTS) is 2. The minimum atomic E-state index is -4.46. The van der Waals surface area contributed by atoms with E-state index in [-0.39, 0.29) is 17.3 Å². The maximum atomic E-state index is 12.3. The van der Waals surface area contributed by atoms with Gasteiger partial charge in [-0.3, -0.25) is 10.1 Å². The SMILES string of the molecule is O=C(O)C(=O)O.O=[N+]([O-])c1ccc(Oc2ccc(C(F)(F)F)cn2)cc1. The molecule has 138 valence electrons. The van der Waals surface area contributed by atoms with Gasteiger partial charge in [0.05, 0.1) is 10.5 Å². The number of benzene rings is 1. The summed E-state index contributed by atoms with van der Waals surface area (Å²) in [5.74, 6) is -3.44. The highest BCUT2D eigenvalue weighted by Crippen LogP contribution is 2.30. The fourth-order valence-electron chi connectivity index (χ4n) is 1.36. The molecule has 2 aromatic rings. The Labute approximate surface area is 142 Å². The number of alkyl halides is 3. The van der Waals surface area contributed by atoms with Crippen molar-refractivity contribution in [1.82, 2.24) is 4.98 Å². The minimum absolute atomic E-state index is 0.0353. The van der Waals surface area contributed by atoms with Crippen LogP contribution >= 0.6 is 0 Å². The number of ether oxygens (including phenoxy) is 1. The van der Waals surface area contributed by atoms with Gasteiger partial charge in [0.15, 0.2) is 0 Å². The molecule has 0 bridgehead atoms. The van der Waals surface area contributed by atoms with Crippen LogP contribution in [0.5, 0.6) is 11.6 Å². The number of pyridine rings is 1. The molecular formula is C14H9F3N2O7. The van der Waals surface area contributed by atoms with E-state index in [9.17, 15) is 23.3 Å². The van der Waals surface area contributed by atoms with Gasteiger partial charge in [-0.05, 0) is 18.2 Å². The van der Waals surface area contributed by atoms with Gasteiger partial charge in [-0.15, -0.1) is 0 Å². The van der Waals surface area contributed by atoms with Gasteiger partial charge in [0.1, 0.15) is 5.75 Å². The maximum Gasteiger partial charge on any atom is 0.417 e. The Morgan fingerprint density at radius 1 is 1.04 bits per heavy atom. The number of rotatable bonds is 3. The van der Waals surface area contributed by atoms with Crippen molar-refractivity contribution in [2.24, 2.45) is 0 Å². The summed E-state index contributed by atoms with van der Waals surface area (Å²) >= 11 is 0. The normalized spacial score (nSPS) is 10.3. The lowest BCUT2D eigenvalue weighted by Crippen LogP contribution is -2.09. The molecule has 1 aromatic heterocycles. The van der Waals surface area contributed by atoms with E-state index >= 15 is 0 Å². The number of carbonyl (C=O) groups is 2. The summed E-state index contributed by atoms with van der Waals surface area (Å²) in [4.78, 5) is 31.6. The van der Waals surface area contributed by atoms with Crippen molar-refractivity contribution in [2.75, 3.05) is 0 Å². The van der Waals surface area contributed by atoms with Crippen LogP contribution in [0.4, 0.5) is 18.9 Å². The molecule has 26 heavy (non-hydrogen) atoms. The maximum absolute atomic E-state index is 12.3. The largest absolute Gasteiger partial charge is 0.473 e. The van der Waals surface area contributed by atoms with E-state index in [0.29, 0.717) is 6.20 Å². The topological polar surface area (TPSA) is 140 Å². The molecule has 2 N–H and O–H groups in total. The molecule has 0 atom stereocenters. The van der Waals surface area contributed by atoms with Gasteiger partial charge < -0.3 is 14.9 Å². The molecule has 0 aliphatic carbocycles. The molecule has 0 aliphatic heterocycles. The van der Waals surface area contributed by atoms with Gasteiger partial charge >= 0.3 is 18.1 Å². The quantitative estimate of drug-likeness (QED) is 0.475. The Hall–Kier alpha value is -3.70. The van der Waals surface area contributed by atoms with Crippen LogP contribution in [0.2, 0.25) is 0 Å². The fraction of sp³-hybridized carbons (Fsp3) is 0.0714. The number of halogens is 3. The van der Waals surface area contributed by atoms with Gasteiger partial charge in [0, 0.05) is 24.4 Å². The van der Waals surface area contributed by atoms with Crippen molar-refractivity contribution >= 4 is 17.6 Å². The van der Waals surface area contributed by atoms with Crippen LogP contribution in [-0.2, 0) is 15.8 Å². The predicted molar refractivity (Wildman–Crippen MR) is 77.7 cm³/mol. The lowest BCUT2D eigenvalue weighted by atomic mass is 10.3. The van der Waals surface area contributed by atoms with Gasteiger partial charge in [0.2, 0.25) is 5.88 Å². The smallest absolute Gasteiger partial charge is 0.417 e. The molecule has 0 spiro atoms. The molecule has 0 saturated carbocycles. The first-order valence-corrected chi connectivity index (χ1v) is 6.42. The molecule has 0 saturated heterocycles. The van der Waals surface area contributed by atoms with Crippen molar-refractivity contribution < 1.29 is 42.6 Å². The second-order valence-electron chi connectivity index (χ2n) is 4.35. The van der Waals surface area contributed by atoms with Crippen molar-refractivity contribution in [3.63, 3.8) is 0 Å². The summed E-state index contributed by atoms with van der Waals surface area (Å²) in [6.07, 6.45) is -3.81. The van der Waals surface area contributed by atoms with Crippen molar-refractivity contribution in [3.05, 3.63) is 58.3 Å². The Morgan fingerprint density at radius 3 is 1.92 bits per heavy atom. The summed E-state index contributed by atoms with van der Waals surface area (Å²) in [6.45, 7) is 0. The van der Waals surface area contributed by atoms with E-state index in [0.717, 1.165) is 12.1 Å². The predicted octanol–water partition coefficient (Wildman–Crippen LogP) is 2.96. The summed E-state index contributed by atoms with van der Waals surface area (Å²) in [7, 11) is 0. The van der Waals surface area contributed by atoms with Crippen LogP contribution in [0.3, 0.4) is 0 Å².